The fourth-order valence-electron chi connectivity index (χ4n) is 2.84. The highest BCUT2D eigenvalue weighted by Gasteiger charge is 2.41. The summed E-state index contributed by atoms with van der Waals surface area (Å²) in [4.78, 5) is 0. The van der Waals surface area contributed by atoms with Crippen LogP contribution in [0, 0.1) is 5.92 Å². The van der Waals surface area contributed by atoms with Crippen molar-refractivity contribution >= 4 is 0 Å². The van der Waals surface area contributed by atoms with E-state index in [0.29, 0.717) is 0 Å². The van der Waals surface area contributed by atoms with E-state index in [1.807, 2.05) is 0 Å². The molecule has 1 aromatic carbocycles. The van der Waals surface area contributed by atoms with Crippen molar-refractivity contribution in [2.45, 2.75) is 31.8 Å². The van der Waals surface area contributed by atoms with Crippen LogP contribution in [0.3, 0.4) is 0 Å². The van der Waals surface area contributed by atoms with E-state index in [1.165, 1.54) is 12.0 Å². The van der Waals surface area contributed by atoms with Gasteiger partial charge in [0.05, 0.1) is 0 Å². The van der Waals surface area contributed by atoms with Crippen molar-refractivity contribution in [1.82, 2.24) is 5.32 Å². The summed E-state index contributed by atoms with van der Waals surface area (Å²) in [5.74, 6) is 1.68. The van der Waals surface area contributed by atoms with Crippen LogP contribution >= 0.6 is 0 Å². The van der Waals surface area contributed by atoms with E-state index in [4.69, 9.17) is 0 Å². The number of hydrogen-bond donors (Lipinski definition) is 1. The van der Waals surface area contributed by atoms with Gasteiger partial charge in [0.15, 0.2) is 0 Å². The van der Waals surface area contributed by atoms with Crippen molar-refractivity contribution in [2.75, 3.05) is 0 Å². The predicted octanol–water partition coefficient (Wildman–Crippen LogP) is 2.28. The lowest BCUT2D eigenvalue weighted by Gasteiger charge is -2.47. The fourth-order valence-corrected chi connectivity index (χ4v) is 2.84. The van der Waals surface area contributed by atoms with Gasteiger partial charge in [0.25, 0.3) is 0 Å². The minimum atomic E-state index is 0.759. The zero-order valence-electron chi connectivity index (χ0n) is 7.96. The largest absolute Gasteiger partial charge is 0.309 e. The molecular formula is C12H15N. The molecule has 3 atom stereocenters. The van der Waals surface area contributed by atoms with Gasteiger partial charge in [-0.1, -0.05) is 31.2 Å². The molecule has 0 spiro atoms. The molecule has 1 aliphatic heterocycles. The molecule has 2 unspecified atom stereocenters. The Morgan fingerprint density at radius 2 is 2.15 bits per heavy atom. The first-order valence-corrected chi connectivity index (χ1v) is 5.17. The minimum Gasteiger partial charge on any atom is -0.309 e. The van der Waals surface area contributed by atoms with E-state index in [9.17, 15) is 0 Å². The Bertz CT molecular complexity index is 332. The number of fused-ring (bicyclic) bond motifs is 3. The number of nitrogens with one attached hydrogen (secondary N) is 1. The van der Waals surface area contributed by atoms with E-state index in [0.717, 1.165) is 24.4 Å². The van der Waals surface area contributed by atoms with Crippen LogP contribution < -0.4 is 5.32 Å². The normalized spacial score (nSPS) is 35.9. The summed E-state index contributed by atoms with van der Waals surface area (Å²) in [6.07, 6.45) is 1.37. The third-order valence-electron chi connectivity index (χ3n) is 3.66. The second-order valence-corrected chi connectivity index (χ2v) is 4.42. The number of hydrogen-bond acceptors (Lipinski definition) is 1. The van der Waals surface area contributed by atoms with Crippen LogP contribution in [0.5, 0.6) is 0 Å². The summed E-state index contributed by atoms with van der Waals surface area (Å²) in [5, 5.41) is 3.62. The molecular weight excluding hydrogens is 158 g/mol. The molecule has 2 aliphatic rings. The highest BCUT2D eigenvalue weighted by molar-refractivity contribution is 5.36. The van der Waals surface area contributed by atoms with Crippen LogP contribution in [-0.4, -0.2) is 6.04 Å². The first-order chi connectivity index (χ1) is 6.36. The van der Waals surface area contributed by atoms with Crippen LogP contribution in [0.15, 0.2) is 24.3 Å². The molecule has 13 heavy (non-hydrogen) atoms. The molecule has 1 nitrogen and oxygen atoms in total. The van der Waals surface area contributed by atoms with Crippen molar-refractivity contribution < 1.29 is 0 Å². The Morgan fingerprint density at radius 3 is 3.00 bits per heavy atom. The van der Waals surface area contributed by atoms with Crippen LogP contribution in [0.4, 0.5) is 0 Å². The Labute approximate surface area is 79.2 Å². The smallest absolute Gasteiger partial charge is 0.0211 e. The Kier molecular flexibility index (Phi) is 1.50. The molecule has 0 aromatic heterocycles. The molecule has 0 radical (unpaired) electrons. The van der Waals surface area contributed by atoms with E-state index in [-0.39, 0.29) is 0 Å². The molecule has 1 saturated carbocycles. The molecule has 1 heterocycles. The zero-order valence-corrected chi connectivity index (χ0v) is 7.96. The number of rotatable bonds is 0. The van der Waals surface area contributed by atoms with Crippen molar-refractivity contribution in [3.8, 4) is 0 Å². The molecule has 1 heteroatoms. The van der Waals surface area contributed by atoms with Gasteiger partial charge in [-0.25, -0.2) is 0 Å². The molecule has 1 aromatic rings. The lowest BCUT2D eigenvalue weighted by atomic mass is 9.65. The Balaban J connectivity index is 2.01. The van der Waals surface area contributed by atoms with Crippen LogP contribution in [0.1, 0.15) is 30.4 Å². The lowest BCUT2D eigenvalue weighted by Crippen LogP contribution is -2.51. The average molecular weight is 173 g/mol. The van der Waals surface area contributed by atoms with E-state index < -0.39 is 0 Å². The SMILES string of the molecule is C[C@H]1CC2c3ccccc3CNC21. The van der Waals surface area contributed by atoms with Gasteiger partial charge in [0.2, 0.25) is 0 Å². The average Bonchev–Trinajstić information content (AvgIpc) is 2.16. The van der Waals surface area contributed by atoms with Gasteiger partial charge in [0, 0.05) is 18.5 Å². The summed E-state index contributed by atoms with van der Waals surface area (Å²) >= 11 is 0. The predicted molar refractivity (Wildman–Crippen MR) is 53.6 cm³/mol. The maximum Gasteiger partial charge on any atom is 0.0211 e. The summed E-state index contributed by atoms with van der Waals surface area (Å²) < 4.78 is 0. The van der Waals surface area contributed by atoms with E-state index in [1.54, 1.807) is 5.56 Å². The molecule has 1 fully saturated rings. The van der Waals surface area contributed by atoms with Gasteiger partial charge >= 0.3 is 0 Å². The summed E-state index contributed by atoms with van der Waals surface area (Å²) in [6.45, 7) is 3.42. The number of benzene rings is 1. The van der Waals surface area contributed by atoms with E-state index >= 15 is 0 Å². The fraction of sp³-hybridized carbons (Fsp3) is 0.500. The summed E-state index contributed by atoms with van der Waals surface area (Å²) in [6, 6.07) is 9.63. The van der Waals surface area contributed by atoms with Crippen molar-refractivity contribution in [3.63, 3.8) is 0 Å². The second-order valence-electron chi connectivity index (χ2n) is 4.42. The van der Waals surface area contributed by atoms with Crippen molar-refractivity contribution in [1.29, 1.82) is 0 Å². The van der Waals surface area contributed by atoms with Crippen molar-refractivity contribution in [2.24, 2.45) is 5.92 Å². The van der Waals surface area contributed by atoms with Crippen LogP contribution in [-0.2, 0) is 6.54 Å². The third-order valence-corrected chi connectivity index (χ3v) is 3.66. The molecule has 1 aliphatic carbocycles. The van der Waals surface area contributed by atoms with Crippen LogP contribution in [0.2, 0.25) is 0 Å². The molecule has 0 amide bonds. The topological polar surface area (TPSA) is 12.0 Å². The maximum absolute atomic E-state index is 3.62. The van der Waals surface area contributed by atoms with E-state index in [2.05, 4.69) is 36.5 Å². The second kappa shape index (κ2) is 2.58. The molecule has 0 bridgehead atoms. The Morgan fingerprint density at radius 1 is 1.31 bits per heavy atom. The molecule has 68 valence electrons. The van der Waals surface area contributed by atoms with Gasteiger partial charge in [0.1, 0.15) is 0 Å². The summed E-state index contributed by atoms with van der Waals surface area (Å²) in [5.41, 5.74) is 3.11. The monoisotopic (exact) mass is 173 g/mol. The Hall–Kier alpha value is -0.820. The first kappa shape index (κ1) is 7.57. The molecule has 0 saturated heterocycles. The highest BCUT2D eigenvalue weighted by atomic mass is 15.0. The van der Waals surface area contributed by atoms with Gasteiger partial charge in [-0.15, -0.1) is 0 Å². The van der Waals surface area contributed by atoms with Gasteiger partial charge in [-0.05, 0) is 23.5 Å². The van der Waals surface area contributed by atoms with Gasteiger partial charge in [-0.3, -0.25) is 0 Å². The standard InChI is InChI=1S/C12H15N/c1-8-6-11-10-5-3-2-4-9(10)7-13-12(8)11/h2-5,8,11-13H,6-7H2,1H3/t8-,11?,12?/m0/s1. The van der Waals surface area contributed by atoms with Gasteiger partial charge < -0.3 is 5.32 Å². The van der Waals surface area contributed by atoms with Crippen molar-refractivity contribution in [3.05, 3.63) is 35.4 Å². The van der Waals surface area contributed by atoms with Crippen LogP contribution in [0.25, 0.3) is 0 Å². The third kappa shape index (κ3) is 0.969. The lowest BCUT2D eigenvalue weighted by molar-refractivity contribution is 0.170. The highest BCUT2D eigenvalue weighted by Crippen LogP contribution is 2.45. The first-order valence-electron chi connectivity index (χ1n) is 5.17. The zero-order chi connectivity index (χ0) is 8.84. The summed E-state index contributed by atoms with van der Waals surface area (Å²) in [7, 11) is 0. The molecule has 3 rings (SSSR count). The quantitative estimate of drug-likeness (QED) is 0.634. The molecule has 1 N–H and O–H groups in total. The van der Waals surface area contributed by atoms with Gasteiger partial charge in [-0.2, -0.15) is 0 Å². The maximum atomic E-state index is 3.62. The minimum absolute atomic E-state index is 0.759.